The van der Waals surface area contributed by atoms with Crippen molar-refractivity contribution in [2.24, 2.45) is 0 Å². The van der Waals surface area contributed by atoms with Crippen molar-refractivity contribution in [2.75, 3.05) is 41.7 Å². The Morgan fingerprint density at radius 2 is 2.00 bits per heavy atom. The van der Waals surface area contributed by atoms with Crippen LogP contribution in [0, 0.1) is 5.82 Å². The second-order valence-corrected chi connectivity index (χ2v) is 8.21. The summed E-state index contributed by atoms with van der Waals surface area (Å²) in [5.74, 6) is 0.292. The van der Waals surface area contributed by atoms with Crippen LogP contribution in [0.4, 0.5) is 21.8 Å². The van der Waals surface area contributed by atoms with Crippen LogP contribution in [0.15, 0.2) is 30.5 Å². The highest BCUT2D eigenvalue weighted by Crippen LogP contribution is 2.26. The van der Waals surface area contributed by atoms with Gasteiger partial charge in [0.05, 0.1) is 11.9 Å². The number of halogens is 1. The van der Waals surface area contributed by atoms with Crippen molar-refractivity contribution in [3.05, 3.63) is 41.8 Å². The summed E-state index contributed by atoms with van der Waals surface area (Å²) in [4.78, 5) is 12.6. The number of benzene rings is 1. The predicted octanol–water partition coefficient (Wildman–Crippen LogP) is 2.22. The fourth-order valence-corrected chi connectivity index (χ4v) is 4.07. The summed E-state index contributed by atoms with van der Waals surface area (Å²) in [6, 6.07) is 5.54. The van der Waals surface area contributed by atoms with Gasteiger partial charge in [-0.05, 0) is 30.5 Å². The molecule has 7 nitrogen and oxygen atoms in total. The third-order valence-corrected chi connectivity index (χ3v) is 5.32. The molecule has 0 spiro atoms. The monoisotopic (exact) mass is 379 g/mol. The quantitative estimate of drug-likeness (QED) is 0.829. The van der Waals surface area contributed by atoms with E-state index in [0.29, 0.717) is 23.0 Å². The summed E-state index contributed by atoms with van der Waals surface area (Å²) in [6.07, 6.45) is 3.68. The van der Waals surface area contributed by atoms with E-state index in [4.69, 9.17) is 0 Å². The number of aromatic nitrogens is 2. The Kier molecular flexibility index (Phi) is 5.26. The highest BCUT2D eigenvalue weighted by molar-refractivity contribution is 7.91. The topological polar surface area (TPSA) is 78.4 Å². The number of anilines is 3. The van der Waals surface area contributed by atoms with Gasteiger partial charge in [0.1, 0.15) is 11.5 Å². The third kappa shape index (κ3) is 4.40. The molecule has 0 atom stereocenters. The van der Waals surface area contributed by atoms with E-state index in [-0.39, 0.29) is 5.75 Å². The maximum absolute atomic E-state index is 13.3. The van der Waals surface area contributed by atoms with Crippen molar-refractivity contribution in [2.45, 2.75) is 18.6 Å². The van der Waals surface area contributed by atoms with Gasteiger partial charge in [0.25, 0.3) is 0 Å². The fourth-order valence-electron chi connectivity index (χ4n) is 2.90. The van der Waals surface area contributed by atoms with Gasteiger partial charge in [-0.1, -0.05) is 12.1 Å². The number of nitrogens with zero attached hydrogens (tertiary/aromatic N) is 4. The van der Waals surface area contributed by atoms with E-state index in [1.165, 1.54) is 24.4 Å². The van der Waals surface area contributed by atoms with Crippen molar-refractivity contribution < 1.29 is 12.8 Å². The van der Waals surface area contributed by atoms with E-state index in [1.54, 1.807) is 25.1 Å². The minimum absolute atomic E-state index is 0.300. The van der Waals surface area contributed by atoms with Crippen LogP contribution in [0.3, 0.4) is 0 Å². The van der Waals surface area contributed by atoms with Gasteiger partial charge in [0, 0.05) is 27.2 Å². The van der Waals surface area contributed by atoms with Gasteiger partial charge in [-0.15, -0.1) is 0 Å². The van der Waals surface area contributed by atoms with Crippen LogP contribution in [-0.2, 0) is 15.8 Å². The molecule has 0 unspecified atom stereocenters. The number of sulfonamides is 1. The van der Waals surface area contributed by atoms with E-state index in [1.807, 2.05) is 0 Å². The van der Waals surface area contributed by atoms with Crippen LogP contribution in [-0.4, -0.2) is 45.6 Å². The second kappa shape index (κ2) is 7.45. The molecule has 0 radical (unpaired) electrons. The van der Waals surface area contributed by atoms with Crippen molar-refractivity contribution in [3.8, 4) is 0 Å². The first-order valence-electron chi connectivity index (χ1n) is 8.38. The zero-order chi connectivity index (χ0) is 18.7. The molecule has 0 saturated carbocycles. The lowest BCUT2D eigenvalue weighted by atomic mass is 10.2. The molecule has 26 heavy (non-hydrogen) atoms. The molecule has 1 aliphatic rings. The smallest absolute Gasteiger partial charge is 0.237 e. The van der Waals surface area contributed by atoms with Crippen LogP contribution in [0.2, 0.25) is 0 Å². The SMILES string of the molecule is CN(C)c1nc(N2CCCC2)ncc1NS(=O)(=O)Cc1cccc(F)c1. The summed E-state index contributed by atoms with van der Waals surface area (Å²) < 4.78 is 40.8. The van der Waals surface area contributed by atoms with E-state index >= 15 is 0 Å². The molecule has 3 rings (SSSR count). The number of hydrogen-bond acceptors (Lipinski definition) is 6. The lowest BCUT2D eigenvalue weighted by Gasteiger charge is -2.21. The summed E-state index contributed by atoms with van der Waals surface area (Å²) in [5, 5.41) is 0. The minimum Gasteiger partial charge on any atom is -0.361 e. The van der Waals surface area contributed by atoms with Gasteiger partial charge < -0.3 is 9.80 Å². The Morgan fingerprint density at radius 3 is 2.65 bits per heavy atom. The molecule has 1 aromatic heterocycles. The highest BCUT2D eigenvalue weighted by Gasteiger charge is 2.20. The Balaban J connectivity index is 1.83. The maximum Gasteiger partial charge on any atom is 0.237 e. The summed E-state index contributed by atoms with van der Waals surface area (Å²) in [7, 11) is -0.145. The van der Waals surface area contributed by atoms with E-state index < -0.39 is 15.8 Å². The molecule has 1 aromatic carbocycles. The lowest BCUT2D eigenvalue weighted by molar-refractivity contribution is 0.599. The van der Waals surface area contributed by atoms with Crippen molar-refractivity contribution in [3.63, 3.8) is 0 Å². The van der Waals surface area contributed by atoms with Gasteiger partial charge in [0.2, 0.25) is 16.0 Å². The first kappa shape index (κ1) is 18.4. The van der Waals surface area contributed by atoms with Gasteiger partial charge in [-0.3, -0.25) is 4.72 Å². The normalized spacial score (nSPS) is 14.5. The Hall–Kier alpha value is -2.42. The van der Waals surface area contributed by atoms with Crippen LogP contribution in [0.25, 0.3) is 0 Å². The average molecular weight is 379 g/mol. The van der Waals surface area contributed by atoms with Gasteiger partial charge in [0.15, 0.2) is 5.82 Å². The summed E-state index contributed by atoms with van der Waals surface area (Å²) in [5.41, 5.74) is 0.674. The maximum atomic E-state index is 13.3. The minimum atomic E-state index is -3.73. The third-order valence-electron chi connectivity index (χ3n) is 4.08. The molecule has 9 heteroatoms. The van der Waals surface area contributed by atoms with Crippen LogP contribution >= 0.6 is 0 Å². The molecule has 0 amide bonds. The van der Waals surface area contributed by atoms with E-state index in [0.717, 1.165) is 25.9 Å². The molecule has 2 aromatic rings. The number of nitrogens with one attached hydrogen (secondary N) is 1. The molecular formula is C17H22FN5O2S. The van der Waals surface area contributed by atoms with Crippen molar-refractivity contribution in [1.29, 1.82) is 0 Å². The van der Waals surface area contributed by atoms with Gasteiger partial charge in [-0.25, -0.2) is 17.8 Å². The molecule has 0 bridgehead atoms. The first-order chi connectivity index (χ1) is 12.3. The zero-order valence-electron chi connectivity index (χ0n) is 14.8. The molecule has 140 valence electrons. The molecule has 1 aliphatic heterocycles. The zero-order valence-corrected chi connectivity index (χ0v) is 15.6. The number of rotatable bonds is 6. The number of hydrogen-bond donors (Lipinski definition) is 1. The molecular weight excluding hydrogens is 357 g/mol. The van der Waals surface area contributed by atoms with Crippen LogP contribution < -0.4 is 14.5 Å². The predicted molar refractivity (Wildman–Crippen MR) is 100 cm³/mol. The van der Waals surface area contributed by atoms with Gasteiger partial charge >= 0.3 is 0 Å². The van der Waals surface area contributed by atoms with Crippen molar-refractivity contribution in [1.82, 2.24) is 9.97 Å². The molecule has 1 saturated heterocycles. The highest BCUT2D eigenvalue weighted by atomic mass is 32.2. The largest absolute Gasteiger partial charge is 0.361 e. The van der Waals surface area contributed by atoms with E-state index in [2.05, 4.69) is 19.6 Å². The molecule has 0 aliphatic carbocycles. The lowest BCUT2D eigenvalue weighted by Crippen LogP contribution is -2.24. The molecule has 2 heterocycles. The molecule has 1 fully saturated rings. The van der Waals surface area contributed by atoms with Gasteiger partial charge in [-0.2, -0.15) is 4.98 Å². The average Bonchev–Trinajstić information content (AvgIpc) is 3.08. The van der Waals surface area contributed by atoms with Crippen LogP contribution in [0.5, 0.6) is 0 Å². The second-order valence-electron chi connectivity index (χ2n) is 6.49. The first-order valence-corrected chi connectivity index (χ1v) is 10.0. The Morgan fingerprint density at radius 1 is 1.27 bits per heavy atom. The van der Waals surface area contributed by atoms with Crippen LogP contribution in [0.1, 0.15) is 18.4 Å². The fraction of sp³-hybridized carbons (Fsp3) is 0.412. The van der Waals surface area contributed by atoms with E-state index in [9.17, 15) is 12.8 Å². The Labute approximate surface area is 152 Å². The summed E-state index contributed by atoms with van der Waals surface area (Å²) in [6.45, 7) is 1.80. The molecule has 1 N–H and O–H groups in total. The van der Waals surface area contributed by atoms with Crippen molar-refractivity contribution >= 4 is 27.5 Å². The summed E-state index contributed by atoms with van der Waals surface area (Å²) >= 11 is 0. The standard InChI is InChI=1S/C17H22FN5O2S/c1-22(2)16-15(11-19-17(20-16)23-8-3-4-9-23)21-26(24,25)12-13-6-5-7-14(18)10-13/h5-7,10-11,21H,3-4,8-9,12H2,1-2H3. The Bertz CT molecular complexity index is 882.